The lowest BCUT2D eigenvalue weighted by Crippen LogP contribution is -2.55. The first kappa shape index (κ1) is 28.1. The molecule has 2 aromatic rings. The minimum Gasteiger partial charge on any atom is -0.366 e. The molecule has 7 nitrogen and oxygen atoms in total. The minimum absolute atomic E-state index is 0.211. The van der Waals surface area contributed by atoms with E-state index in [1.54, 1.807) is 42.5 Å². The molecule has 1 spiro atoms. The fourth-order valence-electron chi connectivity index (χ4n) is 5.95. The van der Waals surface area contributed by atoms with Crippen LogP contribution in [0.1, 0.15) is 35.2 Å². The third-order valence-electron chi connectivity index (χ3n) is 7.93. The van der Waals surface area contributed by atoms with Crippen LogP contribution in [0, 0.1) is 11.8 Å². The molecule has 3 aliphatic rings. The molecule has 3 N–H and O–H groups in total. The number of hydrogen-bond acceptors (Lipinski definition) is 4. The van der Waals surface area contributed by atoms with Crippen molar-refractivity contribution in [2.75, 3.05) is 23.3 Å². The number of halogens is 3. The molecule has 2 aromatic carbocycles. The Morgan fingerprint density at radius 2 is 1.98 bits per heavy atom. The second-order valence-electron chi connectivity index (χ2n) is 10.5. The smallest absolute Gasteiger partial charge is 0.250 e. The molecule has 2 fully saturated rings. The average Bonchev–Trinajstić information content (AvgIpc) is 3.62. The fraction of sp³-hybridized carbons (Fsp3) is 0.300. The molecule has 2 heterocycles. The summed E-state index contributed by atoms with van der Waals surface area (Å²) < 4.78 is 16.1. The highest BCUT2D eigenvalue weighted by molar-refractivity contribution is 6.31. The van der Waals surface area contributed by atoms with Crippen LogP contribution in [0.15, 0.2) is 78.1 Å². The maximum absolute atomic E-state index is 16.1. The Balaban J connectivity index is 1.58. The zero-order chi connectivity index (χ0) is 28.6. The maximum atomic E-state index is 16.1. The van der Waals surface area contributed by atoms with Crippen LogP contribution in [0.5, 0.6) is 0 Å². The molecule has 1 saturated heterocycles. The zero-order valence-corrected chi connectivity index (χ0v) is 23.2. The number of likely N-dealkylation sites (tertiary alicyclic amines) is 1. The van der Waals surface area contributed by atoms with Crippen LogP contribution >= 0.6 is 23.2 Å². The Morgan fingerprint density at radius 3 is 2.60 bits per heavy atom. The number of primary amides is 1. The molecule has 10 heteroatoms. The van der Waals surface area contributed by atoms with Crippen LogP contribution in [0.25, 0.3) is 0 Å². The van der Waals surface area contributed by atoms with Gasteiger partial charge in [0.2, 0.25) is 18.2 Å². The highest BCUT2D eigenvalue weighted by Crippen LogP contribution is 2.56. The summed E-state index contributed by atoms with van der Waals surface area (Å²) >= 11 is 12.1. The average molecular weight is 583 g/mol. The monoisotopic (exact) mass is 582 g/mol. The summed E-state index contributed by atoms with van der Waals surface area (Å²) in [4.78, 5) is 41.4. The SMILES string of the molecule is C=C(Cl)/C=C\C=C(/F)C1CC(CN(C=O)c2ccc(C(N)=O)cc2)N(CC2CC2)[C@@]12C(=O)Nc1cc(Cl)ccc12. The molecule has 1 saturated carbocycles. The molecule has 0 aromatic heterocycles. The summed E-state index contributed by atoms with van der Waals surface area (Å²) in [6.07, 6.45) is 7.30. The van der Waals surface area contributed by atoms with Gasteiger partial charge in [-0.25, -0.2) is 4.39 Å². The van der Waals surface area contributed by atoms with Crippen LogP contribution in [0.3, 0.4) is 0 Å². The number of benzene rings is 2. The van der Waals surface area contributed by atoms with Gasteiger partial charge in [-0.1, -0.05) is 41.9 Å². The highest BCUT2D eigenvalue weighted by atomic mass is 35.5. The van der Waals surface area contributed by atoms with Gasteiger partial charge in [-0.2, -0.15) is 0 Å². The van der Waals surface area contributed by atoms with Crippen molar-refractivity contribution >= 4 is 52.8 Å². The first-order valence-electron chi connectivity index (χ1n) is 13.0. The number of anilines is 2. The van der Waals surface area contributed by atoms with E-state index in [2.05, 4.69) is 16.8 Å². The van der Waals surface area contributed by atoms with Gasteiger partial charge in [0.15, 0.2) is 0 Å². The molecule has 3 atom stereocenters. The number of hydrogen-bond donors (Lipinski definition) is 2. The van der Waals surface area contributed by atoms with Crippen LogP contribution in [0.2, 0.25) is 5.02 Å². The van der Waals surface area contributed by atoms with E-state index in [4.69, 9.17) is 28.9 Å². The van der Waals surface area contributed by atoms with Crippen molar-refractivity contribution in [1.29, 1.82) is 0 Å². The van der Waals surface area contributed by atoms with Gasteiger partial charge in [-0.05, 0) is 73.7 Å². The molecule has 208 valence electrons. The molecule has 40 heavy (non-hydrogen) atoms. The third-order valence-corrected chi connectivity index (χ3v) is 8.29. The lowest BCUT2D eigenvalue weighted by atomic mass is 9.78. The van der Waals surface area contributed by atoms with E-state index in [9.17, 15) is 14.4 Å². The second kappa shape index (κ2) is 11.2. The van der Waals surface area contributed by atoms with Crippen molar-refractivity contribution in [1.82, 2.24) is 4.90 Å². The number of nitrogens with one attached hydrogen (secondary N) is 1. The molecule has 0 radical (unpaired) electrons. The summed E-state index contributed by atoms with van der Waals surface area (Å²) in [5, 5.41) is 3.66. The molecule has 2 unspecified atom stereocenters. The van der Waals surface area contributed by atoms with Gasteiger partial charge in [0.1, 0.15) is 11.4 Å². The third kappa shape index (κ3) is 5.19. The molecule has 1 aliphatic carbocycles. The second-order valence-corrected chi connectivity index (χ2v) is 11.4. The number of fused-ring (bicyclic) bond motifs is 2. The number of nitrogens with two attached hydrogens (primary N) is 1. The Morgan fingerprint density at radius 1 is 1.25 bits per heavy atom. The first-order chi connectivity index (χ1) is 19.1. The molecular formula is C30H29Cl2FN4O3. The lowest BCUT2D eigenvalue weighted by molar-refractivity contribution is -0.129. The summed E-state index contributed by atoms with van der Waals surface area (Å²) in [5.41, 5.74) is 6.13. The number of nitrogens with zero attached hydrogens (tertiary/aromatic N) is 2. The maximum Gasteiger partial charge on any atom is 0.250 e. The van der Waals surface area contributed by atoms with Crippen molar-refractivity contribution in [3.63, 3.8) is 0 Å². The largest absolute Gasteiger partial charge is 0.366 e. The quantitative estimate of drug-likeness (QED) is 0.285. The molecular weight excluding hydrogens is 554 g/mol. The van der Waals surface area contributed by atoms with Gasteiger partial charge >= 0.3 is 0 Å². The van der Waals surface area contributed by atoms with Crippen LogP contribution < -0.4 is 16.0 Å². The normalized spacial score (nSPS) is 24.4. The van der Waals surface area contributed by atoms with E-state index in [0.717, 1.165) is 12.8 Å². The Hall–Kier alpha value is -3.46. The van der Waals surface area contributed by atoms with Crippen LogP contribution in [-0.2, 0) is 15.1 Å². The molecule has 2 aliphatic heterocycles. The van der Waals surface area contributed by atoms with E-state index < -0.39 is 23.2 Å². The van der Waals surface area contributed by atoms with Gasteiger partial charge in [0.25, 0.3) is 0 Å². The summed E-state index contributed by atoms with van der Waals surface area (Å²) in [6, 6.07) is 11.2. The Bertz CT molecular complexity index is 1420. The Kier molecular flexibility index (Phi) is 7.86. The van der Waals surface area contributed by atoms with Gasteiger partial charge in [-0.3, -0.25) is 19.3 Å². The van der Waals surface area contributed by atoms with Crippen LogP contribution in [-0.4, -0.2) is 42.3 Å². The van der Waals surface area contributed by atoms with E-state index in [1.165, 1.54) is 23.1 Å². The summed E-state index contributed by atoms with van der Waals surface area (Å²) in [7, 11) is 0. The van der Waals surface area contributed by atoms with Crippen molar-refractivity contribution in [2.45, 2.75) is 30.8 Å². The number of allylic oxidation sites excluding steroid dienone is 4. The fourth-order valence-corrected chi connectivity index (χ4v) is 6.20. The topological polar surface area (TPSA) is 95.7 Å². The van der Waals surface area contributed by atoms with E-state index in [-0.39, 0.29) is 29.9 Å². The van der Waals surface area contributed by atoms with E-state index >= 15 is 4.39 Å². The summed E-state index contributed by atoms with van der Waals surface area (Å²) in [5.74, 6) is -1.83. The van der Waals surface area contributed by atoms with E-state index in [0.29, 0.717) is 46.4 Å². The van der Waals surface area contributed by atoms with Crippen molar-refractivity contribution in [3.05, 3.63) is 94.3 Å². The molecule has 3 amide bonds. The first-order valence-corrected chi connectivity index (χ1v) is 13.8. The van der Waals surface area contributed by atoms with E-state index in [1.807, 2.05) is 0 Å². The zero-order valence-electron chi connectivity index (χ0n) is 21.7. The van der Waals surface area contributed by atoms with Crippen molar-refractivity contribution < 1.29 is 18.8 Å². The molecule has 0 bridgehead atoms. The van der Waals surface area contributed by atoms with Crippen molar-refractivity contribution in [3.8, 4) is 0 Å². The predicted octanol–water partition coefficient (Wildman–Crippen LogP) is 5.51. The minimum atomic E-state index is -1.33. The van der Waals surface area contributed by atoms with Crippen LogP contribution in [0.4, 0.5) is 15.8 Å². The Labute approximate surface area is 242 Å². The van der Waals surface area contributed by atoms with Gasteiger partial charge in [0, 0.05) is 57.6 Å². The lowest BCUT2D eigenvalue weighted by Gasteiger charge is -2.40. The number of rotatable bonds is 10. The molecule has 5 rings (SSSR count). The standard InChI is InChI=1S/C30H29Cl2FN4O3/c1-18(31)3-2-4-26(33)25-14-23(16-36(17-38)22-10-7-20(8-11-22)28(34)39)37(15-19-5-6-19)30(25)24-12-9-21(32)13-27(24)35-29(30)40/h2-4,7-13,17,19,23,25H,1,5-6,14-16H2,(H2,34,39)(H,35,40)/b3-2-,26-4-/t23?,25?,30-/m1/s1. The van der Waals surface area contributed by atoms with Crippen molar-refractivity contribution in [2.24, 2.45) is 17.6 Å². The van der Waals surface area contributed by atoms with Gasteiger partial charge < -0.3 is 16.0 Å². The van der Waals surface area contributed by atoms with Gasteiger partial charge in [-0.15, -0.1) is 0 Å². The van der Waals surface area contributed by atoms with Gasteiger partial charge in [0.05, 0.1) is 0 Å². The summed E-state index contributed by atoms with van der Waals surface area (Å²) in [6.45, 7) is 4.38. The number of carbonyl (C=O) groups is 3. The highest BCUT2D eigenvalue weighted by Gasteiger charge is 2.64. The number of carbonyl (C=O) groups excluding carboxylic acids is 3. The predicted molar refractivity (Wildman–Crippen MR) is 155 cm³/mol. The number of amides is 3.